The third-order valence-electron chi connectivity index (χ3n) is 9.62. The number of anilines is 1. The number of ether oxygens (including phenoxy) is 1. The number of nitrogens with one attached hydrogen (secondary N) is 2. The summed E-state index contributed by atoms with van der Waals surface area (Å²) in [7, 11) is 0. The molecule has 0 radical (unpaired) electrons. The predicted molar refractivity (Wildman–Crippen MR) is 179 cm³/mol. The van der Waals surface area contributed by atoms with Crippen molar-refractivity contribution in [1.82, 2.24) is 25.1 Å². The predicted octanol–water partition coefficient (Wildman–Crippen LogP) is 7.13. The third kappa shape index (κ3) is 5.04. The summed E-state index contributed by atoms with van der Waals surface area (Å²) >= 11 is 1.39. The number of aryl methyl sites for hydroxylation is 2. The van der Waals surface area contributed by atoms with E-state index in [0.717, 1.165) is 34.6 Å². The maximum Gasteiger partial charge on any atom is 0.434 e. The Bertz CT molecular complexity index is 2390. The van der Waals surface area contributed by atoms with E-state index >= 15 is 0 Å². The molecule has 2 aromatic carbocycles. The standard InChI is InChI=1S/C36H27F3N6O4S/c37-19-6-3-17(4-7-19)5-8-24-27(34-43-44-36(47)49-34)28(29-30(41-24)25-2-1-12-45(25)35(29)46)26-14-18-9-11-40-33(32(18)50-26)42-23-10-13-48-31-21(23)15-20(38)16-22(31)39/h3-4,6-7,9,11,14-16,23,25H,1-2,5,8,10,12-13H2,(H,40,42)(H,44,47)/t23-,25+/m0/s1. The minimum atomic E-state index is -0.763. The number of benzene rings is 2. The van der Waals surface area contributed by atoms with Crippen LogP contribution in [0.15, 0.2) is 63.9 Å². The highest BCUT2D eigenvalue weighted by atomic mass is 32.1. The summed E-state index contributed by atoms with van der Waals surface area (Å²) < 4.78 is 54.4. The molecule has 0 bridgehead atoms. The second kappa shape index (κ2) is 11.8. The van der Waals surface area contributed by atoms with Gasteiger partial charge in [0.2, 0.25) is 0 Å². The average Bonchev–Trinajstić information content (AvgIpc) is 3.91. The molecule has 1 amide bonds. The van der Waals surface area contributed by atoms with Crippen molar-refractivity contribution in [3.05, 3.63) is 111 Å². The van der Waals surface area contributed by atoms with Crippen molar-refractivity contribution in [2.45, 2.75) is 44.2 Å². The number of amides is 1. The molecule has 14 heteroatoms. The lowest BCUT2D eigenvalue weighted by molar-refractivity contribution is 0.0776. The van der Waals surface area contributed by atoms with Crippen LogP contribution in [0.4, 0.5) is 19.0 Å². The fraction of sp³-hybridized carbons (Fsp3) is 0.250. The number of carbonyl (C=O) groups excluding carboxylic acids is 1. The van der Waals surface area contributed by atoms with Gasteiger partial charge in [-0.2, -0.15) is 0 Å². The van der Waals surface area contributed by atoms with Gasteiger partial charge in [-0.25, -0.2) is 28.0 Å². The molecule has 9 rings (SSSR count). The second-order valence-electron chi connectivity index (χ2n) is 12.6. The molecule has 0 spiro atoms. The van der Waals surface area contributed by atoms with E-state index in [9.17, 15) is 22.8 Å². The van der Waals surface area contributed by atoms with Gasteiger partial charge in [0.1, 0.15) is 17.5 Å². The first-order chi connectivity index (χ1) is 24.3. The van der Waals surface area contributed by atoms with E-state index in [1.165, 1.54) is 29.5 Å². The highest BCUT2D eigenvalue weighted by Crippen LogP contribution is 2.50. The van der Waals surface area contributed by atoms with Crippen molar-refractivity contribution in [3.63, 3.8) is 0 Å². The molecule has 2 atom stereocenters. The maximum atomic E-state index is 14.6. The molecule has 1 fully saturated rings. The number of halogens is 3. The highest BCUT2D eigenvalue weighted by molar-refractivity contribution is 7.23. The van der Waals surface area contributed by atoms with E-state index in [4.69, 9.17) is 14.1 Å². The zero-order chi connectivity index (χ0) is 34.1. The average molecular weight is 697 g/mol. The molecule has 1 saturated heterocycles. The van der Waals surface area contributed by atoms with Gasteiger partial charge in [0.25, 0.3) is 11.8 Å². The van der Waals surface area contributed by atoms with Crippen molar-refractivity contribution < 1.29 is 27.1 Å². The molecule has 252 valence electrons. The summed E-state index contributed by atoms with van der Waals surface area (Å²) in [6.45, 7) is 0.843. The fourth-order valence-corrected chi connectivity index (χ4v) is 8.55. The van der Waals surface area contributed by atoms with Crippen molar-refractivity contribution in [2.24, 2.45) is 0 Å². The number of H-pyrrole nitrogens is 1. The van der Waals surface area contributed by atoms with Crippen LogP contribution < -0.4 is 15.8 Å². The molecule has 10 nitrogen and oxygen atoms in total. The van der Waals surface area contributed by atoms with Gasteiger partial charge < -0.3 is 19.4 Å². The SMILES string of the molecule is O=C1c2c(nc(CCc3ccc(F)cc3)c(-c3n[nH]c(=O)o3)c2-c2cc3ccnc(N[C@H]4CCOc5c(F)cc(F)cc54)c3s2)[C@H]2CCCN12. The largest absolute Gasteiger partial charge is 0.490 e. The van der Waals surface area contributed by atoms with Crippen LogP contribution in [0, 0.1) is 17.5 Å². The van der Waals surface area contributed by atoms with Gasteiger partial charge in [-0.15, -0.1) is 16.4 Å². The second-order valence-corrected chi connectivity index (χ2v) is 13.7. The third-order valence-corrected chi connectivity index (χ3v) is 10.8. The molecule has 2 N–H and O–H groups in total. The van der Waals surface area contributed by atoms with Crippen molar-refractivity contribution >= 4 is 33.1 Å². The Morgan fingerprint density at radius 1 is 0.980 bits per heavy atom. The van der Waals surface area contributed by atoms with Crippen LogP contribution in [-0.2, 0) is 12.8 Å². The fourth-order valence-electron chi connectivity index (χ4n) is 7.39. The van der Waals surface area contributed by atoms with E-state index in [1.807, 2.05) is 17.0 Å². The normalized spacial score (nSPS) is 17.9. The molecule has 3 aliphatic heterocycles. The summed E-state index contributed by atoms with van der Waals surface area (Å²) in [4.78, 5) is 38.7. The van der Waals surface area contributed by atoms with Gasteiger partial charge in [0, 0.05) is 41.2 Å². The summed E-state index contributed by atoms with van der Waals surface area (Å²) in [5.74, 6) is -2.18. The summed E-state index contributed by atoms with van der Waals surface area (Å²) in [5.41, 5.74) is 3.96. The van der Waals surface area contributed by atoms with E-state index in [1.54, 1.807) is 18.3 Å². The lowest BCUT2D eigenvalue weighted by Crippen LogP contribution is -2.22. The van der Waals surface area contributed by atoms with Crippen LogP contribution in [0.25, 0.3) is 32.0 Å². The first-order valence-corrected chi connectivity index (χ1v) is 17.1. The Labute approximate surface area is 285 Å². The van der Waals surface area contributed by atoms with Crippen LogP contribution in [0.5, 0.6) is 5.75 Å². The monoisotopic (exact) mass is 696 g/mol. The van der Waals surface area contributed by atoms with E-state index < -0.39 is 23.4 Å². The zero-order valence-corrected chi connectivity index (χ0v) is 27.1. The Balaban J connectivity index is 1.21. The van der Waals surface area contributed by atoms with Gasteiger partial charge in [-0.05, 0) is 67.0 Å². The molecule has 0 aliphatic carbocycles. The zero-order valence-electron chi connectivity index (χ0n) is 26.3. The molecule has 6 aromatic rings. The van der Waals surface area contributed by atoms with Gasteiger partial charge in [0.15, 0.2) is 11.6 Å². The van der Waals surface area contributed by atoms with Gasteiger partial charge >= 0.3 is 5.76 Å². The summed E-state index contributed by atoms with van der Waals surface area (Å²) in [5, 5.41) is 10.8. The Hall–Kier alpha value is -5.50. The van der Waals surface area contributed by atoms with Gasteiger partial charge in [0.05, 0.1) is 45.9 Å². The topological polar surface area (TPSA) is 126 Å². The number of nitrogens with zero attached hydrogens (tertiary/aromatic N) is 4. The lowest BCUT2D eigenvalue weighted by Gasteiger charge is -2.27. The Morgan fingerprint density at radius 3 is 2.66 bits per heavy atom. The van der Waals surface area contributed by atoms with Crippen LogP contribution in [0.2, 0.25) is 0 Å². The molecular weight excluding hydrogens is 669 g/mol. The maximum absolute atomic E-state index is 14.6. The number of rotatable bonds is 7. The molecule has 0 saturated carbocycles. The number of fused-ring (bicyclic) bond motifs is 5. The summed E-state index contributed by atoms with van der Waals surface area (Å²) in [6.07, 6.45) is 4.64. The number of carbonyl (C=O) groups is 1. The van der Waals surface area contributed by atoms with Crippen LogP contribution in [-0.4, -0.2) is 44.1 Å². The van der Waals surface area contributed by atoms with E-state index in [0.29, 0.717) is 70.1 Å². The van der Waals surface area contributed by atoms with Gasteiger partial charge in [-0.3, -0.25) is 9.78 Å². The number of pyridine rings is 2. The van der Waals surface area contributed by atoms with Crippen molar-refractivity contribution in [2.75, 3.05) is 18.5 Å². The number of aromatic nitrogens is 4. The Kier molecular flexibility index (Phi) is 7.23. The first kappa shape index (κ1) is 30.6. The molecule has 0 unspecified atom stereocenters. The number of thiophene rings is 1. The smallest absolute Gasteiger partial charge is 0.434 e. The minimum Gasteiger partial charge on any atom is -0.490 e. The first-order valence-electron chi connectivity index (χ1n) is 16.3. The van der Waals surface area contributed by atoms with E-state index in [-0.39, 0.29) is 36.0 Å². The molecule has 50 heavy (non-hydrogen) atoms. The lowest BCUT2D eigenvalue weighted by atomic mass is 9.93. The molecule has 4 aromatic heterocycles. The quantitative estimate of drug-likeness (QED) is 0.181. The minimum absolute atomic E-state index is 0.00561. The Morgan fingerprint density at radius 2 is 1.84 bits per heavy atom. The summed E-state index contributed by atoms with van der Waals surface area (Å²) in [6, 6.07) is 11.5. The van der Waals surface area contributed by atoms with Crippen LogP contribution >= 0.6 is 11.3 Å². The van der Waals surface area contributed by atoms with Crippen molar-refractivity contribution in [3.8, 4) is 27.6 Å². The van der Waals surface area contributed by atoms with Gasteiger partial charge in [-0.1, -0.05) is 12.1 Å². The van der Waals surface area contributed by atoms with Crippen LogP contribution in [0.1, 0.15) is 64.2 Å². The highest BCUT2D eigenvalue weighted by Gasteiger charge is 2.45. The van der Waals surface area contributed by atoms with Crippen LogP contribution in [0.3, 0.4) is 0 Å². The number of hydrogen-bond donors (Lipinski definition) is 2. The van der Waals surface area contributed by atoms with E-state index in [2.05, 4.69) is 20.5 Å². The molecule has 7 heterocycles. The number of aromatic amines is 1. The molecule has 3 aliphatic rings. The number of hydrogen-bond acceptors (Lipinski definition) is 9. The van der Waals surface area contributed by atoms with Crippen molar-refractivity contribution in [1.29, 1.82) is 0 Å². The molecular formula is C36H27F3N6O4S.